The molecule has 0 amide bonds. The van der Waals surface area contributed by atoms with Crippen molar-refractivity contribution in [2.45, 2.75) is 9.24 Å². The van der Waals surface area contributed by atoms with Gasteiger partial charge in [0, 0.05) is 18.3 Å². The van der Waals surface area contributed by atoms with Gasteiger partial charge in [0.1, 0.15) is 0 Å². The third-order valence-corrected chi connectivity index (χ3v) is 5.42. The van der Waals surface area contributed by atoms with Crippen molar-refractivity contribution in [2.75, 3.05) is 0 Å². The van der Waals surface area contributed by atoms with Crippen LogP contribution in [0.15, 0.2) is 39.0 Å². The summed E-state index contributed by atoms with van der Waals surface area (Å²) in [4.78, 5) is 23.3. The molecule has 2 aromatic heterocycles. The van der Waals surface area contributed by atoms with Crippen molar-refractivity contribution in [3.05, 3.63) is 50.0 Å². The fourth-order valence-electron chi connectivity index (χ4n) is 1.44. The highest BCUT2D eigenvalue weighted by molar-refractivity contribution is 7.93. The van der Waals surface area contributed by atoms with E-state index < -0.39 is 40.3 Å². The van der Waals surface area contributed by atoms with Gasteiger partial charge in [-0.3, -0.25) is 20.2 Å². The van der Waals surface area contributed by atoms with Gasteiger partial charge in [-0.1, -0.05) is 0 Å². The highest BCUT2D eigenvalue weighted by Gasteiger charge is 2.35. The molecular weight excluding hydrogens is 310 g/mol. The molecule has 0 spiro atoms. The number of hydrogen-bond donors (Lipinski definition) is 0. The van der Waals surface area contributed by atoms with E-state index in [1.807, 2.05) is 0 Å². The minimum atomic E-state index is -4.42. The monoisotopic (exact) mass is 315 g/mol. The van der Waals surface area contributed by atoms with Gasteiger partial charge in [0.05, 0.1) is 9.85 Å². The van der Waals surface area contributed by atoms with Crippen LogP contribution in [0.25, 0.3) is 0 Å². The van der Waals surface area contributed by atoms with Crippen LogP contribution in [0.3, 0.4) is 0 Å². The maximum atomic E-state index is 12.3. The van der Waals surface area contributed by atoms with E-state index in [-0.39, 0.29) is 0 Å². The van der Waals surface area contributed by atoms with Crippen LogP contribution < -0.4 is 0 Å². The summed E-state index contributed by atoms with van der Waals surface area (Å²) in [5, 5.41) is 22.0. The quantitative estimate of drug-likeness (QED) is 0.620. The van der Waals surface area contributed by atoms with Gasteiger partial charge in [0.15, 0.2) is 0 Å². The van der Waals surface area contributed by atoms with Crippen LogP contribution >= 0.6 is 11.3 Å². The first-order valence-electron chi connectivity index (χ1n) is 4.92. The van der Waals surface area contributed by atoms with Gasteiger partial charge in [-0.05, 0) is 11.4 Å². The molecule has 0 aliphatic carbocycles. The van der Waals surface area contributed by atoms with Crippen LogP contribution in [0, 0.1) is 20.2 Å². The fraction of sp³-hybridized carbons (Fsp3) is 0. The lowest BCUT2D eigenvalue weighted by Gasteiger charge is -2.01. The number of rotatable bonds is 4. The molecular formula is C9H5N3O6S2. The first-order chi connectivity index (χ1) is 9.35. The molecule has 0 aliphatic rings. The van der Waals surface area contributed by atoms with Gasteiger partial charge in [-0.25, -0.2) is 13.4 Å². The van der Waals surface area contributed by atoms with E-state index >= 15 is 0 Å². The molecule has 20 heavy (non-hydrogen) atoms. The van der Waals surface area contributed by atoms with Crippen molar-refractivity contribution in [1.29, 1.82) is 0 Å². The van der Waals surface area contributed by atoms with Crippen molar-refractivity contribution in [3.63, 3.8) is 0 Å². The fourth-order valence-corrected chi connectivity index (χ4v) is 4.15. The predicted octanol–water partition coefficient (Wildman–Crippen LogP) is 1.79. The van der Waals surface area contributed by atoms with Gasteiger partial charge in [-0.2, -0.15) is 0 Å². The molecule has 0 radical (unpaired) electrons. The Bertz CT molecular complexity index is 798. The molecule has 0 saturated heterocycles. The number of nitrogens with zero attached hydrogens (tertiary/aromatic N) is 3. The number of thiophene rings is 1. The van der Waals surface area contributed by atoms with E-state index in [2.05, 4.69) is 4.98 Å². The molecule has 9 nitrogen and oxygen atoms in total. The molecule has 2 rings (SSSR count). The Morgan fingerprint density at radius 1 is 1.10 bits per heavy atom. The Labute approximate surface area is 115 Å². The summed E-state index contributed by atoms with van der Waals surface area (Å²) in [6, 6.07) is 3.20. The summed E-state index contributed by atoms with van der Waals surface area (Å²) in [7, 11) is -4.42. The predicted molar refractivity (Wildman–Crippen MR) is 67.3 cm³/mol. The minimum Gasteiger partial charge on any atom is -0.258 e. The summed E-state index contributed by atoms with van der Waals surface area (Å²) >= 11 is 0.608. The van der Waals surface area contributed by atoms with E-state index in [9.17, 15) is 28.6 Å². The van der Waals surface area contributed by atoms with Crippen molar-refractivity contribution in [3.8, 4) is 0 Å². The van der Waals surface area contributed by atoms with Crippen molar-refractivity contribution >= 4 is 32.5 Å². The Balaban J connectivity index is 2.71. The second-order valence-electron chi connectivity index (χ2n) is 3.44. The summed E-state index contributed by atoms with van der Waals surface area (Å²) < 4.78 is 24.0. The maximum Gasteiger partial charge on any atom is 0.307 e. The molecule has 0 unspecified atom stereocenters. The first-order valence-corrected chi connectivity index (χ1v) is 7.28. The Kier molecular flexibility index (Phi) is 3.46. The second kappa shape index (κ2) is 4.94. The molecule has 0 fully saturated rings. The summed E-state index contributed by atoms with van der Waals surface area (Å²) in [6.45, 7) is 0. The third-order valence-electron chi connectivity index (χ3n) is 2.25. The zero-order chi connectivity index (χ0) is 14.9. The Morgan fingerprint density at radius 2 is 1.75 bits per heavy atom. The van der Waals surface area contributed by atoms with Crippen LogP contribution in [0.5, 0.6) is 0 Å². The average Bonchev–Trinajstić information content (AvgIpc) is 2.88. The molecule has 0 aliphatic heterocycles. The van der Waals surface area contributed by atoms with Crippen molar-refractivity contribution in [1.82, 2.24) is 4.98 Å². The van der Waals surface area contributed by atoms with E-state index in [1.165, 1.54) is 11.4 Å². The van der Waals surface area contributed by atoms with Gasteiger partial charge in [-0.15, -0.1) is 11.3 Å². The summed E-state index contributed by atoms with van der Waals surface area (Å²) in [6.07, 6.45) is 1.07. The van der Waals surface area contributed by atoms with Gasteiger partial charge >= 0.3 is 5.69 Å². The van der Waals surface area contributed by atoms with Crippen LogP contribution in [0.2, 0.25) is 0 Å². The Hall–Kier alpha value is -2.40. The summed E-state index contributed by atoms with van der Waals surface area (Å²) in [5.41, 5.74) is -1.36. The molecule has 11 heteroatoms. The van der Waals surface area contributed by atoms with Gasteiger partial charge in [0.25, 0.3) is 5.69 Å². The van der Waals surface area contributed by atoms with Crippen LogP contribution in [0.1, 0.15) is 0 Å². The lowest BCUT2D eigenvalue weighted by atomic mass is 10.4. The van der Waals surface area contributed by atoms with Crippen molar-refractivity contribution < 1.29 is 18.3 Å². The molecule has 104 valence electrons. The van der Waals surface area contributed by atoms with Crippen LogP contribution in [-0.2, 0) is 9.84 Å². The molecule has 0 bridgehead atoms. The smallest absolute Gasteiger partial charge is 0.258 e. The minimum absolute atomic E-state index is 0.579. The molecule has 0 saturated carbocycles. The number of pyridine rings is 1. The van der Waals surface area contributed by atoms with Gasteiger partial charge < -0.3 is 0 Å². The molecule has 2 heterocycles. The lowest BCUT2D eigenvalue weighted by Crippen LogP contribution is -2.08. The zero-order valence-corrected chi connectivity index (χ0v) is 11.1. The molecule has 2 aromatic rings. The zero-order valence-electron chi connectivity index (χ0n) is 9.49. The average molecular weight is 315 g/mol. The SMILES string of the molecule is O=[N+]([O-])c1cccnc1S(=O)(=O)c1sccc1[N+](=O)[O-]. The summed E-state index contributed by atoms with van der Waals surface area (Å²) in [5.74, 6) is 0. The standard InChI is InChI=1S/C9H5N3O6S2/c13-11(14)6-2-1-4-10-8(6)20(17,18)9-7(12(15)16)3-5-19-9/h1-5H. The van der Waals surface area contributed by atoms with Gasteiger partial charge in [0.2, 0.25) is 19.1 Å². The normalized spacial score (nSPS) is 11.2. The number of nitro groups is 2. The molecule has 0 atom stereocenters. The lowest BCUT2D eigenvalue weighted by molar-refractivity contribution is -0.388. The highest BCUT2D eigenvalue weighted by Crippen LogP contribution is 2.36. The van der Waals surface area contributed by atoms with E-state index in [1.54, 1.807) is 0 Å². The van der Waals surface area contributed by atoms with E-state index in [4.69, 9.17) is 0 Å². The first kappa shape index (κ1) is 14.0. The molecule has 0 aromatic carbocycles. The Morgan fingerprint density at radius 3 is 2.35 bits per heavy atom. The van der Waals surface area contributed by atoms with E-state index in [0.717, 1.165) is 18.3 Å². The highest BCUT2D eigenvalue weighted by atomic mass is 32.2. The van der Waals surface area contributed by atoms with Crippen molar-refractivity contribution in [2.24, 2.45) is 0 Å². The number of aromatic nitrogens is 1. The van der Waals surface area contributed by atoms with Crippen LogP contribution in [-0.4, -0.2) is 23.2 Å². The number of hydrogen-bond acceptors (Lipinski definition) is 8. The maximum absolute atomic E-state index is 12.3. The van der Waals surface area contributed by atoms with Crippen LogP contribution in [0.4, 0.5) is 11.4 Å². The topological polar surface area (TPSA) is 133 Å². The largest absolute Gasteiger partial charge is 0.307 e. The van der Waals surface area contributed by atoms with E-state index in [0.29, 0.717) is 11.3 Å². The number of sulfone groups is 1. The molecule has 0 N–H and O–H groups in total. The third kappa shape index (κ3) is 2.23. The second-order valence-corrected chi connectivity index (χ2v) is 6.41.